The molecule has 0 spiro atoms. The van der Waals surface area contributed by atoms with Crippen LogP contribution in [0.15, 0.2) is 0 Å². The fourth-order valence-electron chi connectivity index (χ4n) is 1.03. The van der Waals surface area contributed by atoms with Crippen LogP contribution >= 0.6 is 0 Å². The van der Waals surface area contributed by atoms with Crippen molar-refractivity contribution in [2.45, 2.75) is 40.2 Å². The summed E-state index contributed by atoms with van der Waals surface area (Å²) >= 11 is 0. The number of rotatable bonds is 5. The number of hydrogen-bond donors (Lipinski definition) is 1. The van der Waals surface area contributed by atoms with Crippen LogP contribution in [0.2, 0.25) is 0 Å². The second-order valence-corrected chi connectivity index (χ2v) is 4.11. The van der Waals surface area contributed by atoms with Gasteiger partial charge in [-0.05, 0) is 24.8 Å². The van der Waals surface area contributed by atoms with Gasteiger partial charge in [0.1, 0.15) is 0 Å². The van der Waals surface area contributed by atoms with Gasteiger partial charge in [0.15, 0.2) is 0 Å². The lowest BCUT2D eigenvalue weighted by atomic mass is 10.0. The van der Waals surface area contributed by atoms with Gasteiger partial charge in [-0.15, -0.1) is 0 Å². The van der Waals surface area contributed by atoms with Crippen molar-refractivity contribution in [1.29, 1.82) is 5.26 Å². The van der Waals surface area contributed by atoms with Gasteiger partial charge in [-0.2, -0.15) is 5.26 Å². The Kier molecular flexibility index (Phi) is 5.74. The Bertz CT molecular complexity index is 144. The molecule has 0 radical (unpaired) electrons. The van der Waals surface area contributed by atoms with Crippen molar-refractivity contribution in [1.82, 2.24) is 5.32 Å². The van der Waals surface area contributed by atoms with E-state index in [0.717, 1.165) is 13.0 Å². The van der Waals surface area contributed by atoms with Crippen LogP contribution in [-0.2, 0) is 0 Å². The minimum Gasteiger partial charge on any atom is -0.302 e. The van der Waals surface area contributed by atoms with Crippen molar-refractivity contribution in [3.05, 3.63) is 0 Å². The van der Waals surface area contributed by atoms with E-state index in [4.69, 9.17) is 5.26 Å². The van der Waals surface area contributed by atoms with Crippen LogP contribution < -0.4 is 5.32 Å². The molecule has 0 bridgehead atoms. The highest BCUT2D eigenvalue weighted by atomic mass is 14.9. The minimum atomic E-state index is 0.0346. The molecule has 0 aromatic heterocycles. The Balaban J connectivity index is 3.63. The van der Waals surface area contributed by atoms with Gasteiger partial charge in [0, 0.05) is 0 Å². The van der Waals surface area contributed by atoms with Gasteiger partial charge in [0.2, 0.25) is 0 Å². The summed E-state index contributed by atoms with van der Waals surface area (Å²) in [6.07, 6.45) is 0.948. The summed E-state index contributed by atoms with van der Waals surface area (Å²) in [4.78, 5) is 0. The smallest absolute Gasteiger partial charge is 0.0955 e. The maximum atomic E-state index is 8.78. The molecule has 70 valence electrons. The number of nitriles is 1. The third-order valence-corrected chi connectivity index (χ3v) is 1.64. The summed E-state index contributed by atoms with van der Waals surface area (Å²) in [7, 11) is 0. The average Bonchev–Trinajstić information content (AvgIpc) is 1.97. The van der Waals surface area contributed by atoms with E-state index >= 15 is 0 Å². The van der Waals surface area contributed by atoms with Crippen molar-refractivity contribution in [3.8, 4) is 6.07 Å². The lowest BCUT2D eigenvalue weighted by Crippen LogP contribution is -2.31. The van der Waals surface area contributed by atoms with Crippen LogP contribution in [0.1, 0.15) is 34.1 Å². The molecule has 12 heavy (non-hydrogen) atoms. The summed E-state index contributed by atoms with van der Waals surface area (Å²) < 4.78 is 0. The largest absolute Gasteiger partial charge is 0.302 e. The van der Waals surface area contributed by atoms with Crippen molar-refractivity contribution in [3.63, 3.8) is 0 Å². The van der Waals surface area contributed by atoms with Gasteiger partial charge < -0.3 is 5.32 Å². The fourth-order valence-corrected chi connectivity index (χ4v) is 1.03. The van der Waals surface area contributed by atoms with Gasteiger partial charge in [0.05, 0.1) is 12.1 Å². The van der Waals surface area contributed by atoms with Crippen LogP contribution in [-0.4, -0.2) is 12.6 Å². The Labute approximate surface area is 76.0 Å². The van der Waals surface area contributed by atoms with E-state index in [2.05, 4.69) is 39.1 Å². The summed E-state index contributed by atoms with van der Waals surface area (Å²) in [5.41, 5.74) is 0. The van der Waals surface area contributed by atoms with Crippen LogP contribution in [0.25, 0.3) is 0 Å². The van der Waals surface area contributed by atoms with E-state index in [0.29, 0.717) is 11.8 Å². The first-order chi connectivity index (χ1) is 5.56. The van der Waals surface area contributed by atoms with Crippen molar-refractivity contribution >= 4 is 0 Å². The quantitative estimate of drug-likeness (QED) is 0.683. The minimum absolute atomic E-state index is 0.0346. The Morgan fingerprint density at radius 2 is 1.75 bits per heavy atom. The molecule has 1 unspecified atom stereocenters. The van der Waals surface area contributed by atoms with Gasteiger partial charge in [-0.1, -0.05) is 27.7 Å². The molecule has 0 amide bonds. The van der Waals surface area contributed by atoms with Crippen LogP contribution in [0.3, 0.4) is 0 Å². The molecule has 0 saturated carbocycles. The third kappa shape index (κ3) is 6.18. The van der Waals surface area contributed by atoms with E-state index in [-0.39, 0.29) is 6.04 Å². The molecule has 2 heteroatoms. The molecule has 1 atom stereocenters. The molecule has 1 N–H and O–H groups in total. The van der Waals surface area contributed by atoms with Gasteiger partial charge >= 0.3 is 0 Å². The summed E-state index contributed by atoms with van der Waals surface area (Å²) in [6.45, 7) is 9.52. The molecular formula is C10H20N2. The van der Waals surface area contributed by atoms with E-state index < -0.39 is 0 Å². The third-order valence-electron chi connectivity index (χ3n) is 1.64. The maximum absolute atomic E-state index is 8.78. The topological polar surface area (TPSA) is 35.8 Å². The molecular weight excluding hydrogens is 148 g/mol. The first kappa shape index (κ1) is 11.4. The van der Waals surface area contributed by atoms with E-state index in [1.165, 1.54) is 0 Å². The highest BCUT2D eigenvalue weighted by molar-refractivity contribution is 4.90. The van der Waals surface area contributed by atoms with E-state index in [1.807, 2.05) is 0 Å². The number of nitrogens with zero attached hydrogens (tertiary/aromatic N) is 1. The second-order valence-electron chi connectivity index (χ2n) is 4.11. The standard InChI is InChI=1S/C10H20N2/c1-8(2)5-10(6-11)12-7-9(3)4/h8-10,12H,5,7H2,1-4H3. The zero-order chi connectivity index (χ0) is 9.56. The van der Waals surface area contributed by atoms with Gasteiger partial charge in [-0.3, -0.25) is 0 Å². The molecule has 0 aromatic carbocycles. The Hall–Kier alpha value is -0.550. The lowest BCUT2D eigenvalue weighted by Gasteiger charge is -2.14. The summed E-state index contributed by atoms with van der Waals surface area (Å²) in [6, 6.07) is 2.31. The molecule has 0 aliphatic heterocycles. The fraction of sp³-hybridized carbons (Fsp3) is 0.900. The predicted molar refractivity (Wildman–Crippen MR) is 51.7 cm³/mol. The van der Waals surface area contributed by atoms with E-state index in [1.54, 1.807) is 0 Å². The number of hydrogen-bond acceptors (Lipinski definition) is 2. The van der Waals surface area contributed by atoms with Crippen molar-refractivity contribution in [2.75, 3.05) is 6.54 Å². The second kappa shape index (κ2) is 6.02. The average molecular weight is 168 g/mol. The monoisotopic (exact) mass is 168 g/mol. The zero-order valence-electron chi connectivity index (χ0n) is 8.59. The van der Waals surface area contributed by atoms with Gasteiger partial charge in [-0.25, -0.2) is 0 Å². The van der Waals surface area contributed by atoms with Crippen molar-refractivity contribution in [2.24, 2.45) is 11.8 Å². The first-order valence-electron chi connectivity index (χ1n) is 4.69. The lowest BCUT2D eigenvalue weighted by molar-refractivity contribution is 0.448. The van der Waals surface area contributed by atoms with Crippen LogP contribution in [0.5, 0.6) is 0 Å². The molecule has 0 heterocycles. The number of nitrogens with one attached hydrogen (secondary N) is 1. The first-order valence-corrected chi connectivity index (χ1v) is 4.69. The Morgan fingerprint density at radius 1 is 1.17 bits per heavy atom. The highest BCUT2D eigenvalue weighted by Crippen LogP contribution is 2.04. The van der Waals surface area contributed by atoms with Crippen LogP contribution in [0.4, 0.5) is 0 Å². The normalized spacial score (nSPS) is 13.4. The summed E-state index contributed by atoms with van der Waals surface area (Å²) in [5.74, 6) is 1.21. The summed E-state index contributed by atoms with van der Waals surface area (Å²) in [5, 5.41) is 12.0. The Morgan fingerprint density at radius 3 is 2.08 bits per heavy atom. The van der Waals surface area contributed by atoms with Crippen LogP contribution in [0, 0.1) is 23.2 Å². The predicted octanol–water partition coefficient (Wildman–Crippen LogP) is 2.17. The van der Waals surface area contributed by atoms with Gasteiger partial charge in [0.25, 0.3) is 0 Å². The molecule has 0 rings (SSSR count). The van der Waals surface area contributed by atoms with E-state index in [9.17, 15) is 0 Å². The maximum Gasteiger partial charge on any atom is 0.0955 e. The molecule has 0 aliphatic carbocycles. The molecule has 0 saturated heterocycles. The molecule has 2 nitrogen and oxygen atoms in total. The highest BCUT2D eigenvalue weighted by Gasteiger charge is 2.08. The molecule has 0 fully saturated rings. The zero-order valence-corrected chi connectivity index (χ0v) is 8.59. The molecule has 0 aliphatic rings. The van der Waals surface area contributed by atoms with Crippen molar-refractivity contribution < 1.29 is 0 Å². The molecule has 0 aromatic rings. The SMILES string of the molecule is CC(C)CNC(C#N)CC(C)C.